The number of nitrogens with zero attached hydrogens (tertiary/aromatic N) is 1. The number of hydrogen-bond acceptors (Lipinski definition) is 3. The number of nitrogens with one attached hydrogen (secondary N) is 2. The summed E-state index contributed by atoms with van der Waals surface area (Å²) in [6.07, 6.45) is 2.89. The summed E-state index contributed by atoms with van der Waals surface area (Å²) >= 11 is 0. The molecule has 2 N–H and O–H groups in total. The number of halogens is 4. The van der Waals surface area contributed by atoms with Crippen LogP contribution in [-0.4, -0.2) is 42.4 Å². The van der Waals surface area contributed by atoms with Gasteiger partial charge in [0.1, 0.15) is 0 Å². The maximum atomic E-state index is 13.6. The predicted octanol–water partition coefficient (Wildman–Crippen LogP) is 2.84. The van der Waals surface area contributed by atoms with Gasteiger partial charge in [-0.15, -0.1) is 12.4 Å². The summed E-state index contributed by atoms with van der Waals surface area (Å²) in [6, 6.07) is 1.79. The summed E-state index contributed by atoms with van der Waals surface area (Å²) < 4.78 is 39.7. The van der Waals surface area contributed by atoms with Gasteiger partial charge in [-0.25, -0.2) is 13.2 Å². The first-order valence-corrected chi connectivity index (χ1v) is 8.36. The number of benzene rings is 1. The molecule has 1 fully saturated rings. The van der Waals surface area contributed by atoms with E-state index in [4.69, 9.17) is 0 Å². The lowest BCUT2D eigenvalue weighted by Gasteiger charge is -2.23. The van der Waals surface area contributed by atoms with Crippen LogP contribution in [0.2, 0.25) is 0 Å². The lowest BCUT2D eigenvalue weighted by molar-refractivity contribution is -0.135. The van der Waals surface area contributed by atoms with Crippen LogP contribution < -0.4 is 10.6 Å². The van der Waals surface area contributed by atoms with E-state index in [1.54, 1.807) is 0 Å². The summed E-state index contributed by atoms with van der Waals surface area (Å²) in [4.78, 5) is 25.8. The zero-order valence-corrected chi connectivity index (χ0v) is 15.3. The van der Waals surface area contributed by atoms with Crippen molar-refractivity contribution in [3.05, 3.63) is 29.6 Å². The van der Waals surface area contributed by atoms with Gasteiger partial charge in [0.15, 0.2) is 17.5 Å². The van der Waals surface area contributed by atoms with Gasteiger partial charge in [0.25, 0.3) is 0 Å². The molecule has 1 atom stereocenters. The Morgan fingerprint density at radius 3 is 2.62 bits per heavy atom. The molecule has 1 heterocycles. The second-order valence-electron chi connectivity index (χ2n) is 6.08. The van der Waals surface area contributed by atoms with Crippen LogP contribution in [0.5, 0.6) is 0 Å². The second-order valence-corrected chi connectivity index (χ2v) is 6.08. The van der Waals surface area contributed by atoms with Crippen molar-refractivity contribution in [1.82, 2.24) is 10.2 Å². The fourth-order valence-corrected chi connectivity index (χ4v) is 2.82. The lowest BCUT2D eigenvalue weighted by Crippen LogP contribution is -2.41. The Hall–Kier alpha value is -1.80. The number of carbonyl (C=O) groups is 2. The predicted molar refractivity (Wildman–Crippen MR) is 94.7 cm³/mol. The van der Waals surface area contributed by atoms with E-state index in [9.17, 15) is 22.8 Å². The van der Waals surface area contributed by atoms with Gasteiger partial charge in [-0.1, -0.05) is 6.92 Å². The van der Waals surface area contributed by atoms with E-state index in [1.807, 2.05) is 6.92 Å². The molecule has 0 bridgehead atoms. The highest BCUT2D eigenvalue weighted by Crippen LogP contribution is 2.19. The normalized spacial score (nSPS) is 16.1. The quantitative estimate of drug-likeness (QED) is 0.700. The number of hydrogen-bond donors (Lipinski definition) is 2. The third kappa shape index (κ3) is 5.88. The van der Waals surface area contributed by atoms with Crippen LogP contribution in [0.4, 0.5) is 18.9 Å². The third-order valence-corrected chi connectivity index (χ3v) is 4.07. The third-order valence-electron chi connectivity index (χ3n) is 4.07. The summed E-state index contributed by atoms with van der Waals surface area (Å²) in [7, 11) is 0. The lowest BCUT2D eigenvalue weighted by atomic mass is 10.1. The molecular weight excluding hydrogens is 371 g/mol. The standard InChI is InChI=1S/C17H22F3N3O2.ClH/c1-2-8-23(15(25)9-11-4-3-7-21-11)10-14(24)22-13-6-5-12(18)16(19)17(13)20;/h5-6,11,21H,2-4,7-10H2,1H3,(H,22,24);1H. The molecule has 1 aliphatic rings. The van der Waals surface area contributed by atoms with Crippen molar-refractivity contribution in [3.8, 4) is 0 Å². The summed E-state index contributed by atoms with van der Waals surface area (Å²) in [5.74, 6) is -5.26. The van der Waals surface area contributed by atoms with E-state index in [1.165, 1.54) is 4.90 Å². The van der Waals surface area contributed by atoms with Crippen molar-refractivity contribution in [2.45, 2.75) is 38.6 Å². The van der Waals surface area contributed by atoms with Gasteiger partial charge < -0.3 is 15.5 Å². The van der Waals surface area contributed by atoms with Gasteiger partial charge >= 0.3 is 0 Å². The molecule has 1 aromatic rings. The summed E-state index contributed by atoms with van der Waals surface area (Å²) in [5.41, 5.74) is -0.453. The Labute approximate surface area is 156 Å². The molecule has 0 aromatic heterocycles. The number of rotatable bonds is 7. The van der Waals surface area contributed by atoms with Crippen LogP contribution in [0.3, 0.4) is 0 Å². The monoisotopic (exact) mass is 393 g/mol. The number of anilines is 1. The Kier molecular flexibility index (Phi) is 8.87. The molecule has 26 heavy (non-hydrogen) atoms. The molecule has 2 amide bonds. The van der Waals surface area contributed by atoms with Gasteiger partial charge in [-0.3, -0.25) is 9.59 Å². The molecule has 5 nitrogen and oxygen atoms in total. The molecule has 1 aromatic carbocycles. The fraction of sp³-hybridized carbons (Fsp3) is 0.529. The highest BCUT2D eigenvalue weighted by atomic mass is 35.5. The molecule has 2 rings (SSSR count). The van der Waals surface area contributed by atoms with Gasteiger partial charge in [0.05, 0.1) is 12.2 Å². The largest absolute Gasteiger partial charge is 0.333 e. The van der Waals surface area contributed by atoms with E-state index in [2.05, 4.69) is 10.6 Å². The SMILES string of the molecule is CCCN(CC(=O)Nc1ccc(F)c(F)c1F)C(=O)CC1CCCN1.Cl. The first kappa shape index (κ1) is 22.2. The van der Waals surface area contributed by atoms with Crippen LogP contribution in [0.1, 0.15) is 32.6 Å². The van der Waals surface area contributed by atoms with E-state index >= 15 is 0 Å². The average Bonchev–Trinajstić information content (AvgIpc) is 3.08. The average molecular weight is 394 g/mol. The van der Waals surface area contributed by atoms with Crippen molar-refractivity contribution in [2.75, 3.05) is 25.0 Å². The molecule has 0 aliphatic carbocycles. The van der Waals surface area contributed by atoms with Gasteiger partial charge in [-0.05, 0) is 37.9 Å². The van der Waals surface area contributed by atoms with Crippen LogP contribution in [0.25, 0.3) is 0 Å². The summed E-state index contributed by atoms with van der Waals surface area (Å²) in [5, 5.41) is 5.41. The Bertz CT molecular complexity index is 640. The van der Waals surface area contributed by atoms with Gasteiger partial charge in [-0.2, -0.15) is 0 Å². The van der Waals surface area contributed by atoms with Crippen molar-refractivity contribution in [1.29, 1.82) is 0 Å². The smallest absolute Gasteiger partial charge is 0.244 e. The molecule has 1 saturated heterocycles. The molecule has 0 spiro atoms. The molecule has 1 unspecified atom stereocenters. The fourth-order valence-electron chi connectivity index (χ4n) is 2.82. The topological polar surface area (TPSA) is 61.4 Å². The van der Waals surface area contributed by atoms with E-state index in [0.717, 1.165) is 31.5 Å². The van der Waals surface area contributed by atoms with Crippen molar-refractivity contribution in [3.63, 3.8) is 0 Å². The highest BCUT2D eigenvalue weighted by molar-refractivity contribution is 5.94. The maximum Gasteiger partial charge on any atom is 0.244 e. The van der Waals surface area contributed by atoms with Crippen molar-refractivity contribution < 1.29 is 22.8 Å². The van der Waals surface area contributed by atoms with E-state index < -0.39 is 29.0 Å². The van der Waals surface area contributed by atoms with Crippen molar-refractivity contribution >= 4 is 29.9 Å². The molecule has 0 radical (unpaired) electrons. The van der Waals surface area contributed by atoms with Crippen molar-refractivity contribution in [2.24, 2.45) is 0 Å². The molecule has 1 aliphatic heterocycles. The van der Waals surface area contributed by atoms with Crippen LogP contribution in [0.15, 0.2) is 12.1 Å². The minimum Gasteiger partial charge on any atom is -0.333 e. The van der Waals surface area contributed by atoms with Gasteiger partial charge in [0, 0.05) is 19.0 Å². The molecule has 146 valence electrons. The zero-order valence-electron chi connectivity index (χ0n) is 14.5. The Morgan fingerprint density at radius 1 is 1.27 bits per heavy atom. The number of carbonyl (C=O) groups excluding carboxylic acids is 2. The first-order valence-electron chi connectivity index (χ1n) is 8.36. The minimum atomic E-state index is -1.65. The van der Waals surface area contributed by atoms with Crippen LogP contribution in [0, 0.1) is 17.5 Å². The molecule has 9 heteroatoms. The number of amides is 2. The Morgan fingerprint density at radius 2 is 2.00 bits per heavy atom. The zero-order chi connectivity index (χ0) is 18.4. The minimum absolute atomic E-state index is 0. The molecular formula is C17H23ClF3N3O2. The van der Waals surface area contributed by atoms with Crippen LogP contribution in [-0.2, 0) is 9.59 Å². The van der Waals surface area contributed by atoms with E-state index in [-0.39, 0.29) is 30.9 Å². The second kappa shape index (κ2) is 10.4. The first-order chi connectivity index (χ1) is 11.9. The van der Waals surface area contributed by atoms with Gasteiger partial charge in [0.2, 0.25) is 11.8 Å². The summed E-state index contributed by atoms with van der Waals surface area (Å²) in [6.45, 7) is 2.87. The highest BCUT2D eigenvalue weighted by Gasteiger charge is 2.23. The van der Waals surface area contributed by atoms with E-state index in [0.29, 0.717) is 19.4 Å². The maximum absolute atomic E-state index is 13.6. The Balaban J connectivity index is 0.00000338. The molecule has 0 saturated carbocycles. The van der Waals surface area contributed by atoms with Crippen LogP contribution >= 0.6 is 12.4 Å².